The van der Waals surface area contributed by atoms with Crippen LogP contribution in [-0.4, -0.2) is 44.2 Å². The molecule has 1 aromatic rings. The molecular weight excluding hydrogens is 257 g/mol. The molecule has 19 heavy (non-hydrogen) atoms. The van der Waals surface area contributed by atoms with E-state index in [9.17, 15) is 14.3 Å². The zero-order chi connectivity index (χ0) is 14.2. The van der Waals surface area contributed by atoms with Crippen LogP contribution in [0.3, 0.4) is 0 Å². The summed E-state index contributed by atoms with van der Waals surface area (Å²) in [5, 5.41) is 18.7. The lowest BCUT2D eigenvalue weighted by Crippen LogP contribution is -2.44. The highest BCUT2D eigenvalue weighted by atomic mass is 19.1. The molecule has 8 heteroatoms. The number of nitrogens with zero attached hydrogens (tertiary/aromatic N) is 2. The van der Waals surface area contributed by atoms with Crippen LogP contribution in [-0.2, 0) is 4.74 Å². The maximum atomic E-state index is 14.6. The van der Waals surface area contributed by atoms with Crippen LogP contribution in [0.15, 0.2) is 17.1 Å². The average Bonchev–Trinajstić information content (AvgIpc) is 2.63. The number of ether oxygens (including phenoxy) is 1. The van der Waals surface area contributed by atoms with E-state index in [1.165, 1.54) is 6.07 Å². The van der Waals surface area contributed by atoms with E-state index >= 15 is 0 Å². The third-order valence-corrected chi connectivity index (χ3v) is 2.95. The Kier molecular flexibility index (Phi) is 3.28. The van der Waals surface area contributed by atoms with Gasteiger partial charge in [0.1, 0.15) is 18.0 Å². The summed E-state index contributed by atoms with van der Waals surface area (Å²) < 4.78 is 20.4. The van der Waals surface area contributed by atoms with Crippen molar-refractivity contribution < 1.29 is 19.3 Å². The topological polar surface area (TPSA) is 111 Å². The molecule has 0 unspecified atom stereocenters. The van der Waals surface area contributed by atoms with Gasteiger partial charge >= 0.3 is 5.69 Å². The lowest BCUT2D eigenvalue weighted by molar-refractivity contribution is -0.0542. The van der Waals surface area contributed by atoms with Crippen LogP contribution in [0.25, 0.3) is 0 Å². The molecule has 0 radical (unpaired) electrons. The number of aliphatic hydroxyl groups excluding tert-OH is 2. The molecule has 0 spiro atoms. The van der Waals surface area contributed by atoms with Crippen LogP contribution in [0.2, 0.25) is 0 Å². The number of hydrogen-bond donors (Lipinski definition) is 3. The number of halogens is 1. The summed E-state index contributed by atoms with van der Waals surface area (Å²) in [7, 11) is 0. The third-order valence-electron chi connectivity index (χ3n) is 2.95. The number of aliphatic hydroxyl groups is 2. The van der Waals surface area contributed by atoms with Gasteiger partial charge in [-0.15, -0.1) is 6.42 Å². The van der Waals surface area contributed by atoms with Crippen molar-refractivity contribution in [2.75, 3.05) is 12.3 Å². The third kappa shape index (κ3) is 1.98. The van der Waals surface area contributed by atoms with Crippen molar-refractivity contribution in [3.8, 4) is 12.3 Å². The van der Waals surface area contributed by atoms with Crippen molar-refractivity contribution in [1.29, 1.82) is 0 Å². The Bertz CT molecular complexity index is 584. The minimum atomic E-state index is -2.64. The summed E-state index contributed by atoms with van der Waals surface area (Å²) >= 11 is 0. The van der Waals surface area contributed by atoms with E-state index in [4.69, 9.17) is 22.0 Å². The number of nitrogens with two attached hydrogens (primary N) is 1. The molecule has 0 aromatic carbocycles. The molecule has 1 aromatic heterocycles. The highest BCUT2D eigenvalue weighted by Crippen LogP contribution is 2.40. The Hall–Kier alpha value is -1.95. The molecule has 0 saturated carbocycles. The Balaban J connectivity index is 2.49. The van der Waals surface area contributed by atoms with Gasteiger partial charge in [-0.05, 0) is 6.07 Å². The Morgan fingerprint density at radius 2 is 2.42 bits per heavy atom. The molecule has 1 aliphatic rings. The quantitative estimate of drug-likeness (QED) is 0.559. The predicted molar refractivity (Wildman–Crippen MR) is 62.6 cm³/mol. The average molecular weight is 269 g/mol. The summed E-state index contributed by atoms with van der Waals surface area (Å²) in [6, 6.07) is 1.26. The first kappa shape index (κ1) is 13.5. The zero-order valence-corrected chi connectivity index (χ0v) is 9.73. The summed E-state index contributed by atoms with van der Waals surface area (Å²) in [6.45, 7) is -0.637. The van der Waals surface area contributed by atoms with Crippen molar-refractivity contribution in [3.05, 3.63) is 22.7 Å². The normalized spacial score (nSPS) is 34.1. The lowest BCUT2D eigenvalue weighted by Gasteiger charge is -2.23. The van der Waals surface area contributed by atoms with Crippen LogP contribution in [0.5, 0.6) is 0 Å². The SMILES string of the molecule is C#C[C@@]1(F)[C@H](O)[C@@H](CO)O[C@@H]1n1ccc(N)nc1=O. The molecule has 1 aliphatic heterocycles. The van der Waals surface area contributed by atoms with Crippen molar-refractivity contribution >= 4 is 5.82 Å². The highest BCUT2D eigenvalue weighted by molar-refractivity contribution is 5.25. The number of anilines is 1. The van der Waals surface area contributed by atoms with Crippen molar-refractivity contribution in [1.82, 2.24) is 9.55 Å². The summed E-state index contributed by atoms with van der Waals surface area (Å²) in [5.41, 5.74) is 1.81. The molecule has 4 N–H and O–H groups in total. The first-order chi connectivity index (χ1) is 8.93. The van der Waals surface area contributed by atoms with E-state index in [-0.39, 0.29) is 5.82 Å². The van der Waals surface area contributed by atoms with Gasteiger partial charge in [-0.3, -0.25) is 4.57 Å². The summed E-state index contributed by atoms with van der Waals surface area (Å²) in [4.78, 5) is 15.1. The standard InChI is InChI=1S/C11H12FN3O4/c1-2-11(12)8(17)6(5-16)19-9(11)15-4-3-7(13)14-10(15)18/h1,3-4,6,8-9,16-17H,5H2,(H2,13,14,18)/t6-,8-,9+,11-/m1/s1. The van der Waals surface area contributed by atoms with Crippen molar-refractivity contribution in [3.63, 3.8) is 0 Å². The van der Waals surface area contributed by atoms with Gasteiger partial charge < -0.3 is 20.7 Å². The molecule has 1 fully saturated rings. The molecule has 4 atom stereocenters. The molecule has 0 bridgehead atoms. The minimum Gasteiger partial charge on any atom is -0.394 e. The molecule has 7 nitrogen and oxygen atoms in total. The number of rotatable bonds is 2. The monoisotopic (exact) mass is 269 g/mol. The van der Waals surface area contributed by atoms with Crippen LogP contribution < -0.4 is 11.4 Å². The number of hydrogen-bond acceptors (Lipinski definition) is 6. The fraction of sp³-hybridized carbons (Fsp3) is 0.455. The van der Waals surface area contributed by atoms with E-state index in [1.54, 1.807) is 5.92 Å². The van der Waals surface area contributed by atoms with Crippen LogP contribution in [0.4, 0.5) is 10.2 Å². The molecular formula is C11H12FN3O4. The smallest absolute Gasteiger partial charge is 0.351 e. The second kappa shape index (κ2) is 4.62. The first-order valence-electron chi connectivity index (χ1n) is 5.39. The second-order valence-electron chi connectivity index (χ2n) is 4.11. The fourth-order valence-corrected chi connectivity index (χ4v) is 1.93. The van der Waals surface area contributed by atoms with Gasteiger partial charge in [0, 0.05) is 6.20 Å². The van der Waals surface area contributed by atoms with Gasteiger partial charge in [-0.2, -0.15) is 4.98 Å². The fourth-order valence-electron chi connectivity index (χ4n) is 1.93. The van der Waals surface area contributed by atoms with E-state index in [1.807, 2.05) is 0 Å². The second-order valence-corrected chi connectivity index (χ2v) is 4.11. The Labute approximate surface area is 107 Å². The van der Waals surface area contributed by atoms with Gasteiger partial charge in [0.05, 0.1) is 6.61 Å². The summed E-state index contributed by atoms with van der Waals surface area (Å²) in [5.74, 6) is 1.73. The van der Waals surface area contributed by atoms with Gasteiger partial charge in [0.15, 0.2) is 6.23 Å². The number of aromatic nitrogens is 2. The predicted octanol–water partition coefficient (Wildman–Crippen LogP) is -1.58. The summed E-state index contributed by atoms with van der Waals surface area (Å²) in [6.07, 6.45) is 1.68. The van der Waals surface area contributed by atoms with Crippen molar-refractivity contribution in [2.24, 2.45) is 0 Å². The van der Waals surface area contributed by atoms with Gasteiger partial charge in [0.25, 0.3) is 0 Å². The molecule has 0 amide bonds. The molecule has 1 saturated heterocycles. The van der Waals surface area contributed by atoms with E-state index in [0.29, 0.717) is 0 Å². The van der Waals surface area contributed by atoms with E-state index in [2.05, 4.69) is 4.98 Å². The van der Waals surface area contributed by atoms with Gasteiger partial charge in [-0.1, -0.05) is 5.92 Å². The van der Waals surface area contributed by atoms with Crippen LogP contribution in [0, 0.1) is 12.3 Å². The molecule has 0 aliphatic carbocycles. The molecule has 102 valence electrons. The minimum absolute atomic E-state index is 0.0383. The number of alkyl halides is 1. The maximum absolute atomic E-state index is 14.6. The van der Waals surface area contributed by atoms with Gasteiger partial charge in [0.2, 0.25) is 5.67 Å². The number of terminal acetylenes is 1. The maximum Gasteiger partial charge on any atom is 0.351 e. The van der Waals surface area contributed by atoms with Crippen LogP contribution >= 0.6 is 0 Å². The van der Waals surface area contributed by atoms with Crippen molar-refractivity contribution in [2.45, 2.75) is 24.1 Å². The largest absolute Gasteiger partial charge is 0.394 e. The zero-order valence-electron chi connectivity index (χ0n) is 9.73. The van der Waals surface area contributed by atoms with Crippen LogP contribution in [0.1, 0.15) is 6.23 Å². The lowest BCUT2D eigenvalue weighted by atomic mass is 9.97. The Morgan fingerprint density at radius 1 is 1.74 bits per heavy atom. The van der Waals surface area contributed by atoms with Gasteiger partial charge in [-0.25, -0.2) is 9.18 Å². The Morgan fingerprint density at radius 3 is 2.95 bits per heavy atom. The number of nitrogen functional groups attached to an aromatic ring is 1. The van der Waals surface area contributed by atoms with E-state index < -0.39 is 36.4 Å². The highest BCUT2D eigenvalue weighted by Gasteiger charge is 2.57. The first-order valence-corrected chi connectivity index (χ1v) is 5.39. The molecule has 2 rings (SSSR count). The molecule has 2 heterocycles. The van der Waals surface area contributed by atoms with E-state index in [0.717, 1.165) is 10.8 Å².